The van der Waals surface area contributed by atoms with E-state index < -0.39 is 0 Å². The van der Waals surface area contributed by atoms with Gasteiger partial charge in [0.25, 0.3) is 0 Å². The first-order valence-corrected chi connectivity index (χ1v) is 7.14. The number of halogens is 1. The molecule has 1 heterocycles. The van der Waals surface area contributed by atoms with E-state index in [4.69, 9.17) is 29.6 Å². The van der Waals surface area contributed by atoms with Crippen LogP contribution in [0.4, 0.5) is 5.69 Å². The second kappa shape index (κ2) is 5.69. The van der Waals surface area contributed by atoms with Gasteiger partial charge in [-0.05, 0) is 30.5 Å². The molecule has 3 N–H and O–H groups in total. The van der Waals surface area contributed by atoms with Crippen molar-refractivity contribution in [2.75, 3.05) is 5.32 Å². The Labute approximate surface area is 121 Å². The van der Waals surface area contributed by atoms with E-state index in [1.807, 2.05) is 18.2 Å². The molecule has 1 aromatic heterocycles. The molecule has 2 rings (SSSR count). The van der Waals surface area contributed by atoms with E-state index >= 15 is 0 Å². The molecule has 1 unspecified atom stereocenters. The monoisotopic (exact) mass is 296 g/mol. The van der Waals surface area contributed by atoms with Gasteiger partial charge in [-0.25, -0.2) is 0 Å². The number of thiocarbonyl (C=S) groups is 1. The van der Waals surface area contributed by atoms with Crippen LogP contribution in [-0.2, 0) is 0 Å². The summed E-state index contributed by atoms with van der Waals surface area (Å²) >= 11 is 12.9. The molecule has 0 amide bonds. The van der Waals surface area contributed by atoms with Crippen LogP contribution in [0.5, 0.6) is 0 Å². The van der Waals surface area contributed by atoms with E-state index in [2.05, 4.69) is 23.7 Å². The fourth-order valence-electron chi connectivity index (χ4n) is 1.74. The van der Waals surface area contributed by atoms with E-state index in [1.54, 1.807) is 17.4 Å². The molecule has 0 saturated heterocycles. The van der Waals surface area contributed by atoms with Gasteiger partial charge in [0.15, 0.2) is 0 Å². The summed E-state index contributed by atoms with van der Waals surface area (Å²) in [7, 11) is 0. The zero-order chi connectivity index (χ0) is 13.1. The Kier molecular flexibility index (Phi) is 4.22. The Morgan fingerprint density at radius 2 is 2.17 bits per heavy atom. The molecule has 0 saturated carbocycles. The molecule has 0 spiro atoms. The molecule has 2 nitrogen and oxygen atoms in total. The van der Waals surface area contributed by atoms with Crippen LogP contribution in [0.2, 0.25) is 5.02 Å². The molecule has 0 aliphatic heterocycles. The maximum absolute atomic E-state index is 6.13. The third kappa shape index (κ3) is 2.83. The highest BCUT2D eigenvalue weighted by atomic mass is 35.5. The Morgan fingerprint density at radius 1 is 1.39 bits per heavy atom. The number of nitrogens with two attached hydrogens (primary N) is 1. The van der Waals surface area contributed by atoms with E-state index in [0.29, 0.717) is 15.6 Å². The predicted octanol–water partition coefficient (Wildman–Crippen LogP) is 4.21. The van der Waals surface area contributed by atoms with Gasteiger partial charge in [-0.3, -0.25) is 0 Å². The summed E-state index contributed by atoms with van der Waals surface area (Å²) in [5.74, 6) is 0. The van der Waals surface area contributed by atoms with Gasteiger partial charge >= 0.3 is 0 Å². The van der Waals surface area contributed by atoms with Crippen LogP contribution in [-0.4, -0.2) is 4.99 Å². The molecule has 0 bridgehead atoms. The average Bonchev–Trinajstić information content (AvgIpc) is 2.81. The van der Waals surface area contributed by atoms with Gasteiger partial charge in [-0.1, -0.05) is 36.0 Å². The van der Waals surface area contributed by atoms with Crippen LogP contribution < -0.4 is 11.1 Å². The number of thiophene rings is 1. The smallest absolute Gasteiger partial charge is 0.107 e. The highest BCUT2D eigenvalue weighted by Crippen LogP contribution is 2.29. The van der Waals surface area contributed by atoms with Gasteiger partial charge in [0.1, 0.15) is 4.99 Å². The molecule has 1 aromatic carbocycles. The van der Waals surface area contributed by atoms with Crippen LogP contribution >= 0.6 is 35.2 Å². The minimum absolute atomic E-state index is 0.191. The van der Waals surface area contributed by atoms with E-state index in [-0.39, 0.29) is 6.04 Å². The standard InChI is InChI=1S/C13H13ClN2S2/c1-8(11-6-3-7-18-11)16-10-5-2-4-9(14)12(10)13(15)17/h2-8,16H,1H3,(H2,15,17). The molecule has 5 heteroatoms. The third-order valence-electron chi connectivity index (χ3n) is 2.60. The number of hydrogen-bond acceptors (Lipinski definition) is 3. The normalized spacial score (nSPS) is 12.1. The zero-order valence-corrected chi connectivity index (χ0v) is 12.2. The van der Waals surface area contributed by atoms with Crippen molar-refractivity contribution in [3.63, 3.8) is 0 Å². The summed E-state index contributed by atoms with van der Waals surface area (Å²) in [4.78, 5) is 1.56. The molecule has 18 heavy (non-hydrogen) atoms. The maximum Gasteiger partial charge on any atom is 0.107 e. The lowest BCUT2D eigenvalue weighted by Gasteiger charge is -2.17. The molecular weight excluding hydrogens is 284 g/mol. The van der Waals surface area contributed by atoms with Crippen molar-refractivity contribution < 1.29 is 0 Å². The zero-order valence-electron chi connectivity index (χ0n) is 9.81. The molecule has 2 aromatic rings. The highest BCUT2D eigenvalue weighted by molar-refractivity contribution is 7.80. The van der Waals surface area contributed by atoms with Crippen molar-refractivity contribution in [3.8, 4) is 0 Å². The van der Waals surface area contributed by atoms with Crippen LogP contribution in [0.15, 0.2) is 35.7 Å². The van der Waals surface area contributed by atoms with Crippen molar-refractivity contribution in [1.29, 1.82) is 0 Å². The summed E-state index contributed by atoms with van der Waals surface area (Å²) < 4.78 is 0. The van der Waals surface area contributed by atoms with Gasteiger partial charge in [0.2, 0.25) is 0 Å². The second-order valence-electron chi connectivity index (χ2n) is 3.91. The number of nitrogens with one attached hydrogen (secondary N) is 1. The Hall–Kier alpha value is -1.10. The Bertz CT molecular complexity index is 552. The molecule has 1 atom stereocenters. The van der Waals surface area contributed by atoms with Gasteiger partial charge in [0.05, 0.1) is 16.6 Å². The highest BCUT2D eigenvalue weighted by Gasteiger charge is 2.13. The first kappa shape index (κ1) is 13.3. The van der Waals surface area contributed by atoms with E-state index in [0.717, 1.165) is 5.69 Å². The van der Waals surface area contributed by atoms with Gasteiger partial charge in [0, 0.05) is 10.6 Å². The van der Waals surface area contributed by atoms with Crippen molar-refractivity contribution in [2.24, 2.45) is 5.73 Å². The predicted molar refractivity (Wildman–Crippen MR) is 83.7 cm³/mol. The van der Waals surface area contributed by atoms with Crippen molar-refractivity contribution >= 4 is 45.8 Å². The van der Waals surface area contributed by atoms with E-state index in [9.17, 15) is 0 Å². The first-order chi connectivity index (χ1) is 8.59. The van der Waals surface area contributed by atoms with Gasteiger partial charge in [-0.2, -0.15) is 0 Å². The fraction of sp³-hybridized carbons (Fsp3) is 0.154. The minimum atomic E-state index is 0.191. The quantitative estimate of drug-likeness (QED) is 0.830. The molecule has 0 fully saturated rings. The summed E-state index contributed by atoms with van der Waals surface area (Å²) in [5.41, 5.74) is 7.30. The van der Waals surface area contributed by atoms with Crippen molar-refractivity contribution in [1.82, 2.24) is 0 Å². The summed E-state index contributed by atoms with van der Waals surface area (Å²) in [6.07, 6.45) is 0. The SMILES string of the molecule is CC(Nc1cccc(Cl)c1C(N)=S)c1cccs1. The Morgan fingerprint density at radius 3 is 2.78 bits per heavy atom. The van der Waals surface area contributed by atoms with Crippen LogP contribution in [0.1, 0.15) is 23.4 Å². The summed E-state index contributed by atoms with van der Waals surface area (Å²) in [6.45, 7) is 2.09. The molecule has 0 aliphatic rings. The number of benzene rings is 1. The lowest BCUT2D eigenvalue weighted by molar-refractivity contribution is 0.907. The van der Waals surface area contributed by atoms with Crippen molar-refractivity contribution in [2.45, 2.75) is 13.0 Å². The Balaban J connectivity index is 2.29. The fourth-order valence-corrected chi connectivity index (χ4v) is 3.02. The van der Waals surface area contributed by atoms with E-state index in [1.165, 1.54) is 4.88 Å². The molecular formula is C13H13ClN2S2. The van der Waals surface area contributed by atoms with Crippen LogP contribution in [0.25, 0.3) is 0 Å². The van der Waals surface area contributed by atoms with Crippen LogP contribution in [0.3, 0.4) is 0 Å². The maximum atomic E-state index is 6.13. The molecule has 0 aliphatic carbocycles. The van der Waals surface area contributed by atoms with Crippen molar-refractivity contribution in [3.05, 3.63) is 51.2 Å². The lowest BCUT2D eigenvalue weighted by Crippen LogP contribution is -2.15. The summed E-state index contributed by atoms with van der Waals surface area (Å²) in [5, 5.41) is 6.02. The first-order valence-electron chi connectivity index (χ1n) is 5.48. The number of anilines is 1. The number of rotatable bonds is 4. The second-order valence-corrected chi connectivity index (χ2v) is 5.73. The number of hydrogen-bond donors (Lipinski definition) is 2. The topological polar surface area (TPSA) is 38.0 Å². The molecule has 0 radical (unpaired) electrons. The third-order valence-corrected chi connectivity index (χ3v) is 4.18. The van der Waals surface area contributed by atoms with Gasteiger partial charge < -0.3 is 11.1 Å². The van der Waals surface area contributed by atoms with Gasteiger partial charge in [-0.15, -0.1) is 11.3 Å². The average molecular weight is 297 g/mol. The summed E-state index contributed by atoms with van der Waals surface area (Å²) in [6, 6.07) is 9.92. The minimum Gasteiger partial charge on any atom is -0.389 e. The van der Waals surface area contributed by atoms with Crippen LogP contribution in [0, 0.1) is 0 Å². The molecule has 94 valence electrons. The largest absolute Gasteiger partial charge is 0.389 e. The lowest BCUT2D eigenvalue weighted by atomic mass is 10.1.